The topological polar surface area (TPSA) is 15.3 Å². The summed E-state index contributed by atoms with van der Waals surface area (Å²) in [4.78, 5) is 2.61. The highest BCUT2D eigenvalue weighted by Gasteiger charge is 2.17. The lowest BCUT2D eigenvalue weighted by Gasteiger charge is -2.33. The average molecular weight is 238 g/mol. The van der Waals surface area contributed by atoms with E-state index in [1.165, 1.54) is 44.5 Å². The molecule has 0 saturated carbocycles. The van der Waals surface area contributed by atoms with Crippen molar-refractivity contribution in [2.24, 2.45) is 0 Å². The Kier molecular flexibility index (Phi) is 4.82. The van der Waals surface area contributed by atoms with E-state index in [1.54, 1.807) is 11.3 Å². The predicted molar refractivity (Wildman–Crippen MR) is 71.2 cm³/mol. The van der Waals surface area contributed by atoms with E-state index < -0.39 is 0 Å². The molecule has 3 heteroatoms. The molecule has 1 aromatic rings. The molecule has 1 saturated heterocycles. The van der Waals surface area contributed by atoms with E-state index in [-0.39, 0.29) is 0 Å². The highest BCUT2D eigenvalue weighted by molar-refractivity contribution is 7.07. The second-order valence-electron chi connectivity index (χ2n) is 4.62. The first-order chi connectivity index (χ1) is 7.88. The van der Waals surface area contributed by atoms with Crippen LogP contribution in [0.1, 0.15) is 25.3 Å². The van der Waals surface area contributed by atoms with Crippen molar-refractivity contribution in [2.45, 2.75) is 32.2 Å². The third-order valence-corrected chi connectivity index (χ3v) is 4.01. The van der Waals surface area contributed by atoms with Gasteiger partial charge in [0.2, 0.25) is 0 Å². The van der Waals surface area contributed by atoms with Gasteiger partial charge in [-0.15, -0.1) is 0 Å². The van der Waals surface area contributed by atoms with Gasteiger partial charge < -0.3 is 10.2 Å². The number of piperazine rings is 1. The van der Waals surface area contributed by atoms with E-state index in [1.807, 2.05) is 0 Å². The molecule has 1 atom stereocenters. The Morgan fingerprint density at radius 3 is 3.25 bits per heavy atom. The molecule has 2 rings (SSSR count). The third-order valence-electron chi connectivity index (χ3n) is 3.27. The highest BCUT2D eigenvalue weighted by Crippen LogP contribution is 2.09. The molecule has 0 bridgehead atoms. The summed E-state index contributed by atoms with van der Waals surface area (Å²) in [6.07, 6.45) is 3.81. The van der Waals surface area contributed by atoms with Gasteiger partial charge in [0.25, 0.3) is 0 Å². The Morgan fingerprint density at radius 2 is 2.50 bits per heavy atom. The van der Waals surface area contributed by atoms with Crippen LogP contribution in [0.5, 0.6) is 0 Å². The van der Waals surface area contributed by atoms with Crippen LogP contribution in [0.3, 0.4) is 0 Å². The number of hydrogen-bond donors (Lipinski definition) is 1. The summed E-state index contributed by atoms with van der Waals surface area (Å²) in [5.41, 5.74) is 1.50. The summed E-state index contributed by atoms with van der Waals surface area (Å²) in [5.74, 6) is 0. The smallest absolute Gasteiger partial charge is 0.0195 e. The van der Waals surface area contributed by atoms with Crippen LogP contribution in [0.2, 0.25) is 0 Å². The van der Waals surface area contributed by atoms with Gasteiger partial charge in [-0.2, -0.15) is 11.3 Å². The number of nitrogens with zero attached hydrogens (tertiary/aromatic N) is 1. The average Bonchev–Trinajstić information content (AvgIpc) is 2.80. The minimum absolute atomic E-state index is 0.723. The molecule has 2 heterocycles. The van der Waals surface area contributed by atoms with Crippen LogP contribution < -0.4 is 5.32 Å². The Hall–Kier alpha value is -0.380. The van der Waals surface area contributed by atoms with Gasteiger partial charge in [0.1, 0.15) is 0 Å². The fourth-order valence-electron chi connectivity index (χ4n) is 2.36. The minimum Gasteiger partial charge on any atom is -0.311 e. The quantitative estimate of drug-likeness (QED) is 0.847. The zero-order valence-corrected chi connectivity index (χ0v) is 10.9. The molecule has 0 radical (unpaired) electrons. The fraction of sp³-hybridized carbons (Fsp3) is 0.692. The van der Waals surface area contributed by atoms with Crippen LogP contribution >= 0.6 is 11.3 Å². The van der Waals surface area contributed by atoms with Gasteiger partial charge >= 0.3 is 0 Å². The molecule has 1 N–H and O–H groups in total. The molecule has 0 aliphatic carbocycles. The summed E-state index contributed by atoms with van der Waals surface area (Å²) < 4.78 is 0. The summed E-state index contributed by atoms with van der Waals surface area (Å²) in [5, 5.41) is 8.05. The molecule has 1 fully saturated rings. The molecular formula is C13H22N2S. The number of rotatable bonds is 5. The summed E-state index contributed by atoms with van der Waals surface area (Å²) in [6.45, 7) is 7.10. The molecule has 1 unspecified atom stereocenters. The first-order valence-corrected chi connectivity index (χ1v) is 7.29. The zero-order chi connectivity index (χ0) is 11.2. The number of hydrogen-bond acceptors (Lipinski definition) is 3. The van der Waals surface area contributed by atoms with Crippen molar-refractivity contribution in [3.05, 3.63) is 22.4 Å². The van der Waals surface area contributed by atoms with Crippen molar-refractivity contribution in [1.82, 2.24) is 10.2 Å². The molecule has 1 aliphatic heterocycles. The van der Waals surface area contributed by atoms with Crippen molar-refractivity contribution in [3.63, 3.8) is 0 Å². The molecule has 0 aromatic carbocycles. The molecule has 0 spiro atoms. The van der Waals surface area contributed by atoms with Gasteiger partial charge in [-0.3, -0.25) is 0 Å². The van der Waals surface area contributed by atoms with E-state index >= 15 is 0 Å². The Balaban J connectivity index is 1.72. The van der Waals surface area contributed by atoms with Crippen LogP contribution in [0.25, 0.3) is 0 Å². The second kappa shape index (κ2) is 6.38. The molecular weight excluding hydrogens is 216 g/mol. The monoisotopic (exact) mass is 238 g/mol. The van der Waals surface area contributed by atoms with Crippen molar-refractivity contribution in [2.75, 3.05) is 26.2 Å². The normalized spacial score (nSPS) is 22.4. The van der Waals surface area contributed by atoms with E-state index in [0.717, 1.165) is 12.6 Å². The van der Waals surface area contributed by atoms with Crippen LogP contribution in [0, 0.1) is 0 Å². The summed E-state index contributed by atoms with van der Waals surface area (Å²) in [6, 6.07) is 2.97. The van der Waals surface area contributed by atoms with Crippen molar-refractivity contribution >= 4 is 11.3 Å². The van der Waals surface area contributed by atoms with Gasteiger partial charge in [0.15, 0.2) is 0 Å². The first kappa shape index (κ1) is 12.1. The van der Waals surface area contributed by atoms with Gasteiger partial charge in [-0.1, -0.05) is 13.3 Å². The summed E-state index contributed by atoms with van der Waals surface area (Å²) in [7, 11) is 0. The van der Waals surface area contributed by atoms with Gasteiger partial charge in [-0.05, 0) is 35.2 Å². The van der Waals surface area contributed by atoms with Crippen molar-refractivity contribution in [1.29, 1.82) is 0 Å². The standard InChI is InChI=1S/C13H22N2S/c1-2-3-13-10-15(8-6-14-13)7-4-12-5-9-16-11-12/h5,9,11,13-14H,2-4,6-8,10H2,1H3. The largest absolute Gasteiger partial charge is 0.311 e. The SMILES string of the molecule is CCCC1CN(CCc2ccsc2)CCN1. The van der Waals surface area contributed by atoms with Gasteiger partial charge in [0.05, 0.1) is 0 Å². The Bertz CT molecular complexity index is 282. The molecule has 0 amide bonds. The van der Waals surface area contributed by atoms with E-state index in [4.69, 9.17) is 0 Å². The molecule has 1 aromatic heterocycles. The van der Waals surface area contributed by atoms with Crippen LogP contribution in [0.4, 0.5) is 0 Å². The Labute approximate surface area is 103 Å². The van der Waals surface area contributed by atoms with Crippen LogP contribution in [-0.2, 0) is 6.42 Å². The highest BCUT2D eigenvalue weighted by atomic mass is 32.1. The zero-order valence-electron chi connectivity index (χ0n) is 10.1. The number of nitrogens with one attached hydrogen (secondary N) is 1. The van der Waals surface area contributed by atoms with Crippen LogP contribution in [0.15, 0.2) is 16.8 Å². The van der Waals surface area contributed by atoms with E-state index in [9.17, 15) is 0 Å². The maximum absolute atomic E-state index is 3.60. The minimum atomic E-state index is 0.723. The van der Waals surface area contributed by atoms with Crippen molar-refractivity contribution in [3.8, 4) is 0 Å². The molecule has 2 nitrogen and oxygen atoms in total. The molecule has 16 heavy (non-hydrogen) atoms. The molecule has 1 aliphatic rings. The maximum Gasteiger partial charge on any atom is 0.0195 e. The van der Waals surface area contributed by atoms with Crippen LogP contribution in [-0.4, -0.2) is 37.1 Å². The third kappa shape index (κ3) is 3.58. The predicted octanol–water partition coefficient (Wildman–Crippen LogP) is 2.36. The fourth-order valence-corrected chi connectivity index (χ4v) is 3.06. The maximum atomic E-state index is 3.60. The lowest BCUT2D eigenvalue weighted by Crippen LogP contribution is -2.50. The van der Waals surface area contributed by atoms with Crippen molar-refractivity contribution < 1.29 is 0 Å². The molecule has 90 valence electrons. The van der Waals surface area contributed by atoms with E-state index in [0.29, 0.717) is 0 Å². The lowest BCUT2D eigenvalue weighted by molar-refractivity contribution is 0.196. The van der Waals surface area contributed by atoms with E-state index in [2.05, 4.69) is 34.0 Å². The van der Waals surface area contributed by atoms with Gasteiger partial charge in [-0.25, -0.2) is 0 Å². The van der Waals surface area contributed by atoms with Gasteiger partial charge in [0, 0.05) is 32.2 Å². The first-order valence-electron chi connectivity index (χ1n) is 6.35. The number of thiophene rings is 1. The Morgan fingerprint density at radius 1 is 1.56 bits per heavy atom. The lowest BCUT2D eigenvalue weighted by atomic mass is 10.1. The second-order valence-corrected chi connectivity index (χ2v) is 5.40. The summed E-state index contributed by atoms with van der Waals surface area (Å²) >= 11 is 1.80.